The fourth-order valence-electron chi connectivity index (χ4n) is 1.42. The molecule has 0 unspecified atom stereocenters. The third kappa shape index (κ3) is 2.89. The molecule has 1 aliphatic rings. The van der Waals surface area contributed by atoms with Gasteiger partial charge in [0.1, 0.15) is 0 Å². The monoisotopic (exact) mass is 219 g/mol. The van der Waals surface area contributed by atoms with Crippen LogP contribution in [-0.2, 0) is 0 Å². The van der Waals surface area contributed by atoms with Gasteiger partial charge in [-0.2, -0.15) is 0 Å². The van der Waals surface area contributed by atoms with Gasteiger partial charge in [0, 0.05) is 31.5 Å². The van der Waals surface area contributed by atoms with Crippen molar-refractivity contribution in [2.75, 3.05) is 24.3 Å². The average molecular weight is 219 g/mol. The van der Waals surface area contributed by atoms with E-state index in [1.54, 1.807) is 0 Å². The Morgan fingerprint density at radius 2 is 1.88 bits per heavy atom. The molecule has 0 saturated heterocycles. The van der Waals surface area contributed by atoms with E-state index >= 15 is 0 Å². The summed E-state index contributed by atoms with van der Waals surface area (Å²) in [6, 6.07) is 8.05. The van der Waals surface area contributed by atoms with E-state index in [1.807, 2.05) is 43.3 Å². The number of benzene rings is 1. The molecule has 0 radical (unpaired) electrons. The van der Waals surface area contributed by atoms with E-state index in [0.717, 1.165) is 24.2 Å². The second-order valence-corrected chi connectivity index (χ2v) is 4.31. The first-order valence-electron chi connectivity index (χ1n) is 5.50. The van der Waals surface area contributed by atoms with Crippen LogP contribution in [0.5, 0.6) is 0 Å². The lowest BCUT2D eigenvalue weighted by molar-refractivity contribution is 0.251. The van der Waals surface area contributed by atoms with Crippen molar-refractivity contribution in [1.82, 2.24) is 5.32 Å². The van der Waals surface area contributed by atoms with Crippen LogP contribution in [0.1, 0.15) is 12.8 Å². The van der Waals surface area contributed by atoms with E-state index in [4.69, 9.17) is 0 Å². The summed E-state index contributed by atoms with van der Waals surface area (Å²) in [4.78, 5) is 13.5. The summed E-state index contributed by atoms with van der Waals surface area (Å²) in [5.41, 5.74) is 1.94. The summed E-state index contributed by atoms with van der Waals surface area (Å²) < 4.78 is 0. The first kappa shape index (κ1) is 10.8. The summed E-state index contributed by atoms with van der Waals surface area (Å²) >= 11 is 0. The van der Waals surface area contributed by atoms with Gasteiger partial charge in [0.05, 0.1) is 0 Å². The van der Waals surface area contributed by atoms with Gasteiger partial charge < -0.3 is 15.5 Å². The Bertz CT molecular complexity index is 368. The minimum absolute atomic E-state index is 0.111. The molecule has 2 amide bonds. The number of hydrogen-bond acceptors (Lipinski definition) is 2. The number of urea groups is 1. The Labute approximate surface area is 95.6 Å². The predicted octanol–water partition coefficient (Wildman–Crippen LogP) is 2.04. The quantitative estimate of drug-likeness (QED) is 0.817. The molecular formula is C12H17N3O. The molecule has 0 aliphatic heterocycles. The lowest BCUT2D eigenvalue weighted by Crippen LogP contribution is -2.30. The minimum atomic E-state index is -0.111. The summed E-state index contributed by atoms with van der Waals surface area (Å²) in [6.07, 6.45) is 2.21. The molecule has 1 aliphatic carbocycles. The zero-order valence-corrected chi connectivity index (χ0v) is 9.66. The van der Waals surface area contributed by atoms with Crippen LogP contribution in [0.3, 0.4) is 0 Å². The van der Waals surface area contributed by atoms with E-state index in [1.165, 1.54) is 0 Å². The van der Waals surface area contributed by atoms with E-state index in [2.05, 4.69) is 10.6 Å². The topological polar surface area (TPSA) is 44.4 Å². The van der Waals surface area contributed by atoms with Gasteiger partial charge in [0.25, 0.3) is 0 Å². The molecule has 16 heavy (non-hydrogen) atoms. The summed E-state index contributed by atoms with van der Waals surface area (Å²) in [5.74, 6) is 0. The normalized spacial score (nSPS) is 14.4. The van der Waals surface area contributed by atoms with Crippen LogP contribution in [0.2, 0.25) is 0 Å². The molecule has 1 saturated carbocycles. The van der Waals surface area contributed by atoms with Crippen molar-refractivity contribution in [1.29, 1.82) is 0 Å². The molecular weight excluding hydrogens is 202 g/mol. The molecule has 86 valence electrons. The van der Waals surface area contributed by atoms with Gasteiger partial charge in [-0.15, -0.1) is 0 Å². The molecule has 1 aromatic rings. The Balaban J connectivity index is 1.90. The molecule has 1 aromatic carbocycles. The standard InChI is InChI=1S/C12H17N3O/c1-15(2)11-7-5-10(6-8-11)14-12(16)13-9-3-4-9/h5-9H,3-4H2,1-2H3,(H2,13,14,16). The number of carbonyl (C=O) groups is 1. The van der Waals surface area contributed by atoms with Crippen molar-refractivity contribution in [2.45, 2.75) is 18.9 Å². The van der Waals surface area contributed by atoms with Gasteiger partial charge in [0.15, 0.2) is 0 Å². The fraction of sp³-hybridized carbons (Fsp3) is 0.417. The molecule has 0 atom stereocenters. The fourth-order valence-corrected chi connectivity index (χ4v) is 1.42. The van der Waals surface area contributed by atoms with Crippen LogP contribution in [0.15, 0.2) is 24.3 Å². The largest absolute Gasteiger partial charge is 0.378 e. The lowest BCUT2D eigenvalue weighted by Gasteiger charge is -2.13. The zero-order valence-electron chi connectivity index (χ0n) is 9.66. The first-order chi connectivity index (χ1) is 7.65. The summed E-state index contributed by atoms with van der Waals surface area (Å²) in [6.45, 7) is 0. The molecule has 2 rings (SSSR count). The van der Waals surface area contributed by atoms with Gasteiger partial charge in [-0.05, 0) is 37.1 Å². The van der Waals surface area contributed by atoms with Crippen molar-refractivity contribution < 1.29 is 4.79 Å². The maximum atomic E-state index is 11.4. The molecule has 4 heteroatoms. The number of anilines is 2. The van der Waals surface area contributed by atoms with Crippen LogP contribution in [0.4, 0.5) is 16.2 Å². The Morgan fingerprint density at radius 1 is 1.25 bits per heavy atom. The molecule has 0 bridgehead atoms. The van der Waals surface area contributed by atoms with Crippen LogP contribution in [0.25, 0.3) is 0 Å². The van der Waals surface area contributed by atoms with Gasteiger partial charge in [-0.25, -0.2) is 4.79 Å². The third-order valence-electron chi connectivity index (χ3n) is 2.55. The second kappa shape index (κ2) is 4.43. The second-order valence-electron chi connectivity index (χ2n) is 4.31. The molecule has 2 N–H and O–H groups in total. The van der Waals surface area contributed by atoms with Gasteiger partial charge in [-0.1, -0.05) is 0 Å². The van der Waals surface area contributed by atoms with Gasteiger partial charge in [0.2, 0.25) is 0 Å². The van der Waals surface area contributed by atoms with E-state index in [0.29, 0.717) is 6.04 Å². The van der Waals surface area contributed by atoms with Crippen LogP contribution in [-0.4, -0.2) is 26.2 Å². The number of hydrogen-bond donors (Lipinski definition) is 2. The maximum Gasteiger partial charge on any atom is 0.319 e. The lowest BCUT2D eigenvalue weighted by atomic mass is 10.2. The highest BCUT2D eigenvalue weighted by Gasteiger charge is 2.23. The van der Waals surface area contributed by atoms with E-state index in [-0.39, 0.29) is 6.03 Å². The number of nitrogens with zero attached hydrogens (tertiary/aromatic N) is 1. The van der Waals surface area contributed by atoms with Crippen molar-refractivity contribution in [3.63, 3.8) is 0 Å². The highest BCUT2D eigenvalue weighted by molar-refractivity contribution is 5.89. The number of nitrogens with one attached hydrogen (secondary N) is 2. The van der Waals surface area contributed by atoms with E-state index in [9.17, 15) is 4.79 Å². The molecule has 0 heterocycles. The van der Waals surface area contributed by atoms with Crippen molar-refractivity contribution in [2.24, 2.45) is 0 Å². The van der Waals surface area contributed by atoms with Crippen LogP contribution in [0, 0.1) is 0 Å². The highest BCUT2D eigenvalue weighted by atomic mass is 16.2. The van der Waals surface area contributed by atoms with Gasteiger partial charge >= 0.3 is 6.03 Å². The van der Waals surface area contributed by atoms with Crippen molar-refractivity contribution in [3.05, 3.63) is 24.3 Å². The number of carbonyl (C=O) groups excluding carboxylic acids is 1. The minimum Gasteiger partial charge on any atom is -0.378 e. The SMILES string of the molecule is CN(C)c1ccc(NC(=O)NC2CC2)cc1. The predicted molar refractivity (Wildman–Crippen MR) is 65.9 cm³/mol. The number of amides is 2. The Hall–Kier alpha value is -1.71. The van der Waals surface area contributed by atoms with Gasteiger partial charge in [-0.3, -0.25) is 0 Å². The highest BCUT2D eigenvalue weighted by Crippen LogP contribution is 2.19. The third-order valence-corrected chi connectivity index (χ3v) is 2.55. The first-order valence-corrected chi connectivity index (χ1v) is 5.50. The molecule has 1 fully saturated rings. The number of rotatable bonds is 3. The maximum absolute atomic E-state index is 11.4. The average Bonchev–Trinajstić information content (AvgIpc) is 3.02. The Morgan fingerprint density at radius 3 is 2.38 bits per heavy atom. The smallest absolute Gasteiger partial charge is 0.319 e. The summed E-state index contributed by atoms with van der Waals surface area (Å²) in [7, 11) is 3.98. The van der Waals surface area contributed by atoms with Crippen molar-refractivity contribution in [3.8, 4) is 0 Å². The van der Waals surface area contributed by atoms with Crippen molar-refractivity contribution >= 4 is 17.4 Å². The summed E-state index contributed by atoms with van der Waals surface area (Å²) in [5, 5.41) is 5.69. The van der Waals surface area contributed by atoms with Crippen LogP contribution >= 0.6 is 0 Å². The zero-order chi connectivity index (χ0) is 11.5. The molecule has 0 aromatic heterocycles. The Kier molecular flexibility index (Phi) is 2.99. The van der Waals surface area contributed by atoms with Crippen LogP contribution < -0.4 is 15.5 Å². The molecule has 4 nitrogen and oxygen atoms in total. The van der Waals surface area contributed by atoms with E-state index < -0.39 is 0 Å². The molecule has 0 spiro atoms.